The van der Waals surface area contributed by atoms with Crippen LogP contribution in [0.4, 0.5) is 0 Å². The molecule has 0 aromatic carbocycles. The molecular weight excluding hydrogens is 276 g/mol. The molecule has 1 amide bonds. The van der Waals surface area contributed by atoms with Crippen LogP contribution < -0.4 is 11.1 Å². The van der Waals surface area contributed by atoms with E-state index in [1.54, 1.807) is 12.2 Å². The van der Waals surface area contributed by atoms with Crippen LogP contribution in [0.5, 0.6) is 0 Å². The molecule has 22 heavy (non-hydrogen) atoms. The van der Waals surface area contributed by atoms with Crippen molar-refractivity contribution in [2.45, 2.75) is 27.2 Å². The molecule has 3 N–H and O–H groups in total. The van der Waals surface area contributed by atoms with Crippen molar-refractivity contribution in [1.82, 2.24) is 5.32 Å². The number of hydrogen-bond donors (Lipinski definition) is 2. The standard InChI is InChI=1S/C17H18N4O/c1-10-13(8-18)15(14(9-19)11(2)21-10)17(3)6-4-5-12(7-17)16(20)22/h4-6,15,21H,7H2,1-3H3,(H2,20,22). The minimum Gasteiger partial charge on any atom is -0.366 e. The first-order valence-electron chi connectivity index (χ1n) is 7.01. The molecule has 0 spiro atoms. The van der Waals surface area contributed by atoms with Gasteiger partial charge in [-0.1, -0.05) is 25.2 Å². The summed E-state index contributed by atoms with van der Waals surface area (Å²) in [6.07, 6.45) is 5.82. The SMILES string of the molecule is CC1=C(C#N)C(C2(C)C=CC=C(C(N)=O)C2)C(C#N)=C(C)N1. The molecule has 0 aromatic heterocycles. The molecule has 2 rings (SSSR count). The second-order valence-electron chi connectivity index (χ2n) is 5.96. The Morgan fingerprint density at radius 3 is 2.32 bits per heavy atom. The summed E-state index contributed by atoms with van der Waals surface area (Å²) in [5.74, 6) is -0.856. The Kier molecular flexibility index (Phi) is 3.93. The van der Waals surface area contributed by atoms with E-state index in [9.17, 15) is 15.3 Å². The molecule has 5 nitrogen and oxygen atoms in total. The molecule has 0 fully saturated rings. The third kappa shape index (κ3) is 2.42. The van der Waals surface area contributed by atoms with Gasteiger partial charge in [-0.15, -0.1) is 0 Å². The van der Waals surface area contributed by atoms with Crippen LogP contribution in [0, 0.1) is 34.0 Å². The maximum Gasteiger partial charge on any atom is 0.244 e. The highest BCUT2D eigenvalue weighted by atomic mass is 16.1. The molecule has 112 valence electrons. The van der Waals surface area contributed by atoms with Gasteiger partial charge in [-0.3, -0.25) is 4.79 Å². The molecule has 2 aliphatic rings. The number of hydrogen-bond acceptors (Lipinski definition) is 4. The molecule has 0 saturated carbocycles. The number of nitrogens with one attached hydrogen (secondary N) is 1. The number of nitrogens with two attached hydrogens (primary N) is 1. The summed E-state index contributed by atoms with van der Waals surface area (Å²) in [5.41, 5.74) is 7.91. The van der Waals surface area contributed by atoms with Gasteiger partial charge in [0.15, 0.2) is 0 Å². The van der Waals surface area contributed by atoms with Gasteiger partial charge < -0.3 is 11.1 Å². The van der Waals surface area contributed by atoms with Crippen molar-refractivity contribution in [1.29, 1.82) is 10.5 Å². The number of dihydropyridines is 1. The van der Waals surface area contributed by atoms with Gasteiger partial charge in [0, 0.05) is 28.3 Å². The van der Waals surface area contributed by atoms with Crippen LogP contribution in [-0.4, -0.2) is 5.91 Å². The normalized spacial score (nSPS) is 25.2. The lowest BCUT2D eigenvalue weighted by Gasteiger charge is -2.40. The zero-order chi connectivity index (χ0) is 16.5. The Hall–Kier alpha value is -2.79. The summed E-state index contributed by atoms with van der Waals surface area (Å²) in [6.45, 7) is 5.60. The second kappa shape index (κ2) is 5.54. The molecule has 0 radical (unpaired) electrons. The van der Waals surface area contributed by atoms with E-state index >= 15 is 0 Å². The van der Waals surface area contributed by atoms with Crippen molar-refractivity contribution >= 4 is 5.91 Å². The van der Waals surface area contributed by atoms with E-state index in [1.165, 1.54) is 0 Å². The average Bonchev–Trinajstić information content (AvgIpc) is 2.46. The van der Waals surface area contributed by atoms with E-state index in [4.69, 9.17) is 5.73 Å². The van der Waals surface area contributed by atoms with Crippen LogP contribution in [0.1, 0.15) is 27.2 Å². The molecule has 0 bridgehead atoms. The number of primary amides is 1. The smallest absolute Gasteiger partial charge is 0.244 e. The van der Waals surface area contributed by atoms with Crippen molar-refractivity contribution in [3.8, 4) is 12.1 Å². The molecule has 1 aliphatic heterocycles. The van der Waals surface area contributed by atoms with Crippen molar-refractivity contribution in [3.05, 3.63) is 46.3 Å². The largest absolute Gasteiger partial charge is 0.366 e. The van der Waals surface area contributed by atoms with Crippen LogP contribution in [0.25, 0.3) is 0 Å². The predicted molar refractivity (Wildman–Crippen MR) is 82.4 cm³/mol. The van der Waals surface area contributed by atoms with E-state index in [1.807, 2.05) is 26.8 Å². The van der Waals surface area contributed by atoms with E-state index in [-0.39, 0.29) is 5.92 Å². The number of nitriles is 2. The summed E-state index contributed by atoms with van der Waals surface area (Å²) in [5, 5.41) is 22.2. The van der Waals surface area contributed by atoms with Crippen molar-refractivity contribution < 1.29 is 4.79 Å². The highest BCUT2D eigenvalue weighted by Crippen LogP contribution is 2.47. The van der Waals surface area contributed by atoms with Gasteiger partial charge in [-0.2, -0.15) is 10.5 Å². The first kappa shape index (κ1) is 15.6. The van der Waals surface area contributed by atoms with Crippen LogP contribution in [-0.2, 0) is 4.79 Å². The summed E-state index contributed by atoms with van der Waals surface area (Å²) >= 11 is 0. The fourth-order valence-electron chi connectivity index (χ4n) is 3.23. The summed E-state index contributed by atoms with van der Waals surface area (Å²) < 4.78 is 0. The molecule has 1 atom stereocenters. The van der Waals surface area contributed by atoms with Crippen LogP contribution in [0.15, 0.2) is 46.3 Å². The minimum atomic E-state index is -0.542. The fourth-order valence-corrected chi connectivity index (χ4v) is 3.23. The maximum atomic E-state index is 11.5. The van der Waals surface area contributed by atoms with Gasteiger partial charge in [0.05, 0.1) is 23.3 Å². The van der Waals surface area contributed by atoms with Gasteiger partial charge in [0.25, 0.3) is 0 Å². The Morgan fingerprint density at radius 2 is 1.86 bits per heavy atom. The first-order valence-corrected chi connectivity index (χ1v) is 7.01. The van der Waals surface area contributed by atoms with Crippen molar-refractivity contribution in [3.63, 3.8) is 0 Å². The zero-order valence-electron chi connectivity index (χ0n) is 12.9. The highest BCUT2D eigenvalue weighted by molar-refractivity contribution is 5.92. The lowest BCUT2D eigenvalue weighted by Crippen LogP contribution is -2.37. The molecule has 1 unspecified atom stereocenters. The second-order valence-corrected chi connectivity index (χ2v) is 5.96. The third-order valence-electron chi connectivity index (χ3n) is 4.32. The third-order valence-corrected chi connectivity index (χ3v) is 4.32. The minimum absolute atomic E-state index is 0.386. The number of amides is 1. The lowest BCUT2D eigenvalue weighted by molar-refractivity contribution is -0.114. The predicted octanol–water partition coefficient (Wildman–Crippen LogP) is 2.18. The molecule has 0 saturated heterocycles. The number of carbonyl (C=O) groups excluding carboxylic acids is 1. The summed E-state index contributed by atoms with van der Waals surface area (Å²) in [6, 6.07) is 4.44. The van der Waals surface area contributed by atoms with Gasteiger partial charge in [-0.05, 0) is 20.3 Å². The zero-order valence-corrected chi connectivity index (χ0v) is 12.9. The Balaban J connectivity index is 2.57. The van der Waals surface area contributed by atoms with Crippen molar-refractivity contribution in [2.75, 3.05) is 0 Å². The van der Waals surface area contributed by atoms with E-state index in [0.717, 1.165) is 11.4 Å². The molecule has 1 aliphatic carbocycles. The van der Waals surface area contributed by atoms with E-state index < -0.39 is 11.3 Å². The first-order chi connectivity index (χ1) is 10.3. The van der Waals surface area contributed by atoms with Crippen LogP contribution in [0.3, 0.4) is 0 Å². The quantitative estimate of drug-likeness (QED) is 0.814. The maximum absolute atomic E-state index is 11.5. The molecule has 5 heteroatoms. The van der Waals surface area contributed by atoms with E-state index in [2.05, 4.69) is 17.5 Å². The average molecular weight is 294 g/mol. The summed E-state index contributed by atoms with van der Waals surface area (Å²) in [4.78, 5) is 11.5. The highest BCUT2D eigenvalue weighted by Gasteiger charge is 2.42. The number of nitrogens with zero attached hydrogens (tertiary/aromatic N) is 2. The monoisotopic (exact) mass is 294 g/mol. The number of carbonyl (C=O) groups is 1. The molecule has 1 heterocycles. The summed E-state index contributed by atoms with van der Waals surface area (Å²) in [7, 11) is 0. The topological polar surface area (TPSA) is 103 Å². The van der Waals surface area contributed by atoms with Gasteiger partial charge in [-0.25, -0.2) is 0 Å². The van der Waals surface area contributed by atoms with Gasteiger partial charge in [0.1, 0.15) is 0 Å². The fraction of sp³-hybridized carbons (Fsp3) is 0.353. The molecular formula is C17H18N4O. The van der Waals surface area contributed by atoms with E-state index in [0.29, 0.717) is 23.1 Å². The number of allylic oxidation sites excluding steroid dienone is 7. The lowest BCUT2D eigenvalue weighted by atomic mass is 9.64. The Morgan fingerprint density at radius 1 is 1.32 bits per heavy atom. The van der Waals surface area contributed by atoms with Gasteiger partial charge >= 0.3 is 0 Å². The van der Waals surface area contributed by atoms with Crippen molar-refractivity contribution in [2.24, 2.45) is 17.1 Å². The van der Waals surface area contributed by atoms with Crippen LogP contribution >= 0.6 is 0 Å². The van der Waals surface area contributed by atoms with Crippen LogP contribution in [0.2, 0.25) is 0 Å². The Labute approximate surface area is 130 Å². The molecule has 0 aromatic rings. The van der Waals surface area contributed by atoms with Gasteiger partial charge in [0.2, 0.25) is 5.91 Å². The Bertz CT molecular complexity index is 704. The number of rotatable bonds is 2.